The highest BCUT2D eigenvalue weighted by molar-refractivity contribution is 5.78. The molecule has 26 heavy (non-hydrogen) atoms. The Morgan fingerprint density at radius 2 is 1.00 bits per heavy atom. The number of hydrogen-bond acceptors (Lipinski definition) is 1. The molecule has 3 aliphatic rings. The summed E-state index contributed by atoms with van der Waals surface area (Å²) < 4.78 is 0. The Labute approximate surface area is 163 Å². The summed E-state index contributed by atoms with van der Waals surface area (Å²) in [5, 5.41) is 0. The molecule has 0 heterocycles. The van der Waals surface area contributed by atoms with Gasteiger partial charge in [0.05, 0.1) is 0 Å². The van der Waals surface area contributed by atoms with Gasteiger partial charge in [-0.2, -0.15) is 0 Å². The van der Waals surface area contributed by atoms with Crippen molar-refractivity contribution in [2.24, 2.45) is 40.5 Å². The topological polar surface area (TPSA) is 12.4 Å². The number of aliphatic imine (C=N–C) groups is 1. The number of nitrogens with zero attached hydrogens (tertiary/aromatic N) is 1. The minimum absolute atomic E-state index is 0.972. The average molecular weight is 360 g/mol. The molecule has 0 spiro atoms. The van der Waals surface area contributed by atoms with Crippen molar-refractivity contribution in [3.63, 3.8) is 0 Å². The highest BCUT2D eigenvalue weighted by Crippen LogP contribution is 2.46. The monoisotopic (exact) mass is 359 g/mol. The summed E-state index contributed by atoms with van der Waals surface area (Å²) in [6.45, 7) is 7.72. The highest BCUT2D eigenvalue weighted by Gasteiger charge is 2.34. The molecule has 3 saturated carbocycles. The largest absolute Gasteiger partial charge is 0.295 e. The fourth-order valence-electron chi connectivity index (χ4n) is 6.57. The van der Waals surface area contributed by atoms with E-state index in [0.29, 0.717) is 0 Å². The first-order chi connectivity index (χ1) is 12.7. The smallest absolute Gasteiger partial charge is 0.0391 e. The van der Waals surface area contributed by atoms with E-state index >= 15 is 0 Å². The molecule has 0 N–H and O–H groups in total. The van der Waals surface area contributed by atoms with Gasteiger partial charge >= 0.3 is 0 Å². The van der Waals surface area contributed by atoms with Crippen molar-refractivity contribution in [3.8, 4) is 0 Å². The summed E-state index contributed by atoms with van der Waals surface area (Å²) in [7, 11) is 0. The zero-order valence-corrected chi connectivity index (χ0v) is 18.0. The highest BCUT2D eigenvalue weighted by atomic mass is 14.7. The van der Waals surface area contributed by atoms with Gasteiger partial charge in [0.15, 0.2) is 0 Å². The summed E-state index contributed by atoms with van der Waals surface area (Å²) in [5.74, 6) is 6.37. The predicted molar refractivity (Wildman–Crippen MR) is 115 cm³/mol. The van der Waals surface area contributed by atoms with Crippen LogP contribution in [0.15, 0.2) is 4.99 Å². The van der Waals surface area contributed by atoms with E-state index in [1.54, 1.807) is 38.5 Å². The average Bonchev–Trinajstić information content (AvgIpc) is 2.68. The van der Waals surface area contributed by atoms with Gasteiger partial charge in [0.1, 0.15) is 0 Å². The molecule has 0 aromatic carbocycles. The second-order valence-electron chi connectivity index (χ2n) is 10.3. The minimum Gasteiger partial charge on any atom is -0.295 e. The predicted octanol–water partition coefficient (Wildman–Crippen LogP) is 7.69. The lowest BCUT2D eigenvalue weighted by molar-refractivity contribution is 0.103. The molecule has 1 heteroatoms. The SMILES string of the molecule is CCC1CCC(C2CCC(C3CCC(CCN=C(C)C)CC3)CC2)CC1. The van der Waals surface area contributed by atoms with Crippen molar-refractivity contribution in [2.75, 3.05) is 6.54 Å². The lowest BCUT2D eigenvalue weighted by atomic mass is 9.65. The van der Waals surface area contributed by atoms with Crippen LogP contribution in [0.4, 0.5) is 0 Å². The van der Waals surface area contributed by atoms with E-state index in [-0.39, 0.29) is 0 Å². The third-order valence-electron chi connectivity index (χ3n) is 8.48. The lowest BCUT2D eigenvalue weighted by Gasteiger charge is -2.41. The lowest BCUT2D eigenvalue weighted by Crippen LogP contribution is -2.29. The Kier molecular flexibility index (Phi) is 8.07. The molecule has 0 radical (unpaired) electrons. The Morgan fingerprint density at radius 1 is 0.615 bits per heavy atom. The first-order valence-corrected chi connectivity index (χ1v) is 12.1. The molecule has 3 fully saturated rings. The van der Waals surface area contributed by atoms with Crippen LogP contribution in [0.5, 0.6) is 0 Å². The third-order valence-corrected chi connectivity index (χ3v) is 8.48. The molecule has 0 amide bonds. The van der Waals surface area contributed by atoms with E-state index in [1.807, 2.05) is 0 Å². The van der Waals surface area contributed by atoms with Crippen molar-refractivity contribution < 1.29 is 0 Å². The van der Waals surface area contributed by atoms with Crippen molar-refractivity contribution in [3.05, 3.63) is 0 Å². The maximum absolute atomic E-state index is 4.61. The molecule has 0 unspecified atom stereocenters. The third kappa shape index (κ3) is 5.83. The van der Waals surface area contributed by atoms with E-state index in [9.17, 15) is 0 Å². The van der Waals surface area contributed by atoms with Gasteiger partial charge in [-0.1, -0.05) is 39.0 Å². The quantitative estimate of drug-likeness (QED) is 0.431. The van der Waals surface area contributed by atoms with Crippen LogP contribution in [-0.4, -0.2) is 12.3 Å². The summed E-state index contributed by atoms with van der Waals surface area (Å²) in [6.07, 6.45) is 21.2. The molecule has 3 aliphatic carbocycles. The van der Waals surface area contributed by atoms with Crippen LogP contribution in [0.1, 0.15) is 111 Å². The van der Waals surface area contributed by atoms with E-state index in [2.05, 4.69) is 25.8 Å². The number of rotatable bonds is 6. The van der Waals surface area contributed by atoms with Gasteiger partial charge < -0.3 is 0 Å². The summed E-state index contributed by atoms with van der Waals surface area (Å²) in [5.41, 5.74) is 1.25. The van der Waals surface area contributed by atoms with Gasteiger partial charge in [-0.25, -0.2) is 0 Å². The van der Waals surface area contributed by atoms with Crippen molar-refractivity contribution in [1.82, 2.24) is 0 Å². The second kappa shape index (κ2) is 10.3. The maximum atomic E-state index is 4.61. The van der Waals surface area contributed by atoms with Crippen LogP contribution in [0.25, 0.3) is 0 Å². The van der Waals surface area contributed by atoms with Crippen LogP contribution in [0, 0.1) is 35.5 Å². The molecule has 150 valence electrons. The van der Waals surface area contributed by atoms with Gasteiger partial charge in [0.2, 0.25) is 0 Å². The van der Waals surface area contributed by atoms with Crippen LogP contribution >= 0.6 is 0 Å². The molecule has 1 nitrogen and oxygen atoms in total. The molecule has 0 bridgehead atoms. The Bertz CT molecular complexity index is 411. The maximum Gasteiger partial charge on any atom is 0.0391 e. The Hall–Kier alpha value is -0.330. The van der Waals surface area contributed by atoms with Crippen molar-refractivity contribution in [2.45, 2.75) is 111 Å². The Balaban J connectivity index is 1.34. The standard InChI is InChI=1S/C25H45N/c1-4-20-5-9-22(10-6-20)24-13-15-25(16-14-24)23-11-7-21(8-12-23)17-18-26-19(2)3/h20-25H,4-18H2,1-3H3. The van der Waals surface area contributed by atoms with E-state index in [4.69, 9.17) is 0 Å². The molecule has 0 saturated heterocycles. The van der Waals surface area contributed by atoms with Gasteiger partial charge in [-0.05, 0) is 107 Å². The van der Waals surface area contributed by atoms with Gasteiger partial charge in [-0.15, -0.1) is 0 Å². The molecule has 0 atom stereocenters. The van der Waals surface area contributed by atoms with Gasteiger partial charge in [-0.3, -0.25) is 4.99 Å². The normalized spacial score (nSPS) is 38.7. The van der Waals surface area contributed by atoms with Crippen LogP contribution in [0.2, 0.25) is 0 Å². The molecule has 3 rings (SSSR count). The molecule has 0 aliphatic heterocycles. The van der Waals surface area contributed by atoms with Gasteiger partial charge in [0, 0.05) is 12.3 Å². The molecular weight excluding hydrogens is 314 g/mol. The van der Waals surface area contributed by atoms with Gasteiger partial charge in [0.25, 0.3) is 0 Å². The van der Waals surface area contributed by atoms with E-state index in [0.717, 1.165) is 42.1 Å². The molecule has 0 aromatic rings. The second-order valence-corrected chi connectivity index (χ2v) is 10.3. The fraction of sp³-hybridized carbons (Fsp3) is 0.960. The van der Waals surface area contributed by atoms with Crippen LogP contribution in [0.3, 0.4) is 0 Å². The van der Waals surface area contributed by atoms with Crippen molar-refractivity contribution in [1.29, 1.82) is 0 Å². The molecule has 0 aromatic heterocycles. The fourth-order valence-corrected chi connectivity index (χ4v) is 6.57. The van der Waals surface area contributed by atoms with Crippen LogP contribution < -0.4 is 0 Å². The van der Waals surface area contributed by atoms with Crippen LogP contribution in [-0.2, 0) is 0 Å². The number of hydrogen-bond donors (Lipinski definition) is 0. The summed E-state index contributed by atoms with van der Waals surface area (Å²) >= 11 is 0. The van der Waals surface area contributed by atoms with Crippen molar-refractivity contribution >= 4 is 5.71 Å². The van der Waals surface area contributed by atoms with E-state index in [1.165, 1.54) is 57.1 Å². The van der Waals surface area contributed by atoms with E-state index < -0.39 is 0 Å². The minimum atomic E-state index is 0.972. The molecular formula is C25H45N. The zero-order chi connectivity index (χ0) is 18.4. The summed E-state index contributed by atoms with van der Waals surface area (Å²) in [4.78, 5) is 4.61. The first kappa shape index (κ1) is 20.4. The summed E-state index contributed by atoms with van der Waals surface area (Å²) in [6, 6.07) is 0. The first-order valence-electron chi connectivity index (χ1n) is 12.1. The Morgan fingerprint density at radius 3 is 1.38 bits per heavy atom. The zero-order valence-electron chi connectivity index (χ0n) is 18.0.